The highest BCUT2D eigenvalue weighted by Crippen LogP contribution is 2.38. The Morgan fingerprint density at radius 3 is 2.61 bits per heavy atom. The molecule has 166 valence electrons. The van der Waals surface area contributed by atoms with Gasteiger partial charge in [0.15, 0.2) is 11.5 Å². The van der Waals surface area contributed by atoms with E-state index in [0.29, 0.717) is 36.4 Å². The van der Waals surface area contributed by atoms with Gasteiger partial charge in [-0.15, -0.1) is 11.3 Å². The van der Waals surface area contributed by atoms with Crippen molar-refractivity contribution in [3.05, 3.63) is 46.2 Å². The zero-order valence-corrected chi connectivity index (χ0v) is 19.5. The maximum Gasteiger partial charge on any atom is 0.257 e. The van der Waals surface area contributed by atoms with Crippen LogP contribution in [-0.2, 0) is 4.79 Å². The molecule has 1 unspecified atom stereocenters. The first kappa shape index (κ1) is 21.8. The van der Waals surface area contributed by atoms with E-state index in [1.165, 1.54) is 12.8 Å². The summed E-state index contributed by atoms with van der Waals surface area (Å²) in [6.45, 7) is 5.75. The normalized spacial score (nSPS) is 18.6. The Hall–Kier alpha value is -2.38. The number of hydrazone groups is 1. The van der Waals surface area contributed by atoms with E-state index in [1.54, 1.807) is 30.6 Å². The van der Waals surface area contributed by atoms with Crippen LogP contribution < -0.4 is 9.47 Å². The topological polar surface area (TPSA) is 54.4 Å². The Bertz CT molecular complexity index is 938. The molecule has 0 N–H and O–H groups in total. The first-order chi connectivity index (χ1) is 15.0. The zero-order chi connectivity index (χ0) is 22.0. The summed E-state index contributed by atoms with van der Waals surface area (Å²) < 4.78 is 10.9. The van der Waals surface area contributed by atoms with Gasteiger partial charge in [0.25, 0.3) is 5.91 Å². The van der Waals surface area contributed by atoms with Crippen LogP contribution in [0.15, 0.2) is 40.8 Å². The number of hydrogen-bond donors (Lipinski definition) is 0. The lowest BCUT2D eigenvalue weighted by molar-refractivity contribution is -0.134. The van der Waals surface area contributed by atoms with Crippen LogP contribution in [0.4, 0.5) is 0 Å². The summed E-state index contributed by atoms with van der Waals surface area (Å²) in [5, 5.41) is 8.56. The molecule has 0 spiro atoms. The number of carbonyl (C=O) groups is 1. The van der Waals surface area contributed by atoms with Crippen LogP contribution >= 0.6 is 11.3 Å². The Morgan fingerprint density at radius 2 is 2.00 bits per heavy atom. The molecule has 1 atom stereocenters. The minimum atomic E-state index is -0.149. The number of methoxy groups -OCH3 is 2. The molecule has 1 amide bonds. The molecule has 2 aliphatic rings. The summed E-state index contributed by atoms with van der Waals surface area (Å²) in [5.41, 5.74) is 1.97. The van der Waals surface area contributed by atoms with Crippen molar-refractivity contribution in [2.24, 2.45) is 11.0 Å². The fourth-order valence-corrected chi connectivity index (χ4v) is 4.87. The lowest BCUT2D eigenvalue weighted by atomic mass is 10.0. The van der Waals surface area contributed by atoms with E-state index in [9.17, 15) is 4.79 Å². The lowest BCUT2D eigenvalue weighted by Crippen LogP contribution is -2.40. The minimum absolute atomic E-state index is 0.0545. The van der Waals surface area contributed by atoms with Crippen molar-refractivity contribution in [2.75, 3.05) is 27.3 Å². The first-order valence-corrected chi connectivity index (χ1v) is 11.8. The van der Waals surface area contributed by atoms with E-state index in [0.717, 1.165) is 22.7 Å². The van der Waals surface area contributed by atoms with Crippen LogP contribution in [0.1, 0.15) is 49.6 Å². The van der Waals surface area contributed by atoms with Gasteiger partial charge in [0.05, 0.1) is 37.4 Å². The molecule has 1 aromatic heterocycles. The molecular weight excluding hydrogens is 410 g/mol. The van der Waals surface area contributed by atoms with Gasteiger partial charge in [-0.1, -0.05) is 26.0 Å². The van der Waals surface area contributed by atoms with Gasteiger partial charge in [0.2, 0.25) is 0 Å². The number of nitrogens with zero attached hydrogens (tertiary/aromatic N) is 3. The SMILES string of the molecule is COc1ccc(C2CC(c3cccs3)=NN2C(=O)CN(CC(C)C)C2CC2)cc1OC. The van der Waals surface area contributed by atoms with Gasteiger partial charge in [-0.2, -0.15) is 5.10 Å². The van der Waals surface area contributed by atoms with Crippen LogP contribution in [0.5, 0.6) is 11.5 Å². The number of carbonyl (C=O) groups excluding carboxylic acids is 1. The molecule has 0 radical (unpaired) electrons. The van der Waals surface area contributed by atoms with Crippen LogP contribution in [0, 0.1) is 5.92 Å². The maximum atomic E-state index is 13.5. The quantitative estimate of drug-likeness (QED) is 0.572. The second kappa shape index (κ2) is 9.40. The van der Waals surface area contributed by atoms with E-state index in [2.05, 4.69) is 24.8 Å². The number of ether oxygens (including phenoxy) is 2. The summed E-state index contributed by atoms with van der Waals surface area (Å²) in [6.07, 6.45) is 3.06. The molecule has 7 heteroatoms. The van der Waals surface area contributed by atoms with E-state index in [4.69, 9.17) is 14.6 Å². The second-order valence-corrected chi connectivity index (χ2v) is 9.60. The van der Waals surface area contributed by atoms with Crippen molar-refractivity contribution in [1.29, 1.82) is 0 Å². The van der Waals surface area contributed by atoms with Crippen LogP contribution in [0.3, 0.4) is 0 Å². The number of amides is 1. The summed E-state index contributed by atoms with van der Waals surface area (Å²) in [6, 6.07) is 10.3. The molecule has 1 saturated carbocycles. The van der Waals surface area contributed by atoms with Crippen LogP contribution in [0.2, 0.25) is 0 Å². The van der Waals surface area contributed by atoms with Gasteiger partial charge >= 0.3 is 0 Å². The molecule has 2 heterocycles. The van der Waals surface area contributed by atoms with Crippen molar-refractivity contribution in [3.63, 3.8) is 0 Å². The van der Waals surface area contributed by atoms with E-state index in [-0.39, 0.29) is 11.9 Å². The molecule has 2 aromatic rings. The average molecular weight is 442 g/mol. The Kier molecular flexibility index (Phi) is 6.62. The Labute approximate surface area is 188 Å². The first-order valence-electron chi connectivity index (χ1n) is 10.9. The number of hydrogen-bond acceptors (Lipinski definition) is 6. The second-order valence-electron chi connectivity index (χ2n) is 8.65. The average Bonchev–Trinajstić information content (AvgIpc) is 3.28. The highest BCUT2D eigenvalue weighted by molar-refractivity contribution is 7.12. The third-order valence-electron chi connectivity index (χ3n) is 5.77. The largest absolute Gasteiger partial charge is 0.493 e. The minimum Gasteiger partial charge on any atom is -0.493 e. The van der Waals surface area contributed by atoms with Crippen LogP contribution in [-0.4, -0.2) is 54.9 Å². The van der Waals surface area contributed by atoms with Gasteiger partial charge in [0, 0.05) is 19.0 Å². The fourth-order valence-electron chi connectivity index (χ4n) is 4.15. The predicted molar refractivity (Wildman–Crippen MR) is 124 cm³/mol. The zero-order valence-electron chi connectivity index (χ0n) is 18.7. The van der Waals surface area contributed by atoms with Gasteiger partial charge < -0.3 is 9.47 Å². The van der Waals surface area contributed by atoms with E-state index >= 15 is 0 Å². The molecule has 1 aromatic carbocycles. The predicted octanol–water partition coefficient (Wildman–Crippen LogP) is 4.56. The Balaban J connectivity index is 1.61. The molecule has 1 aliphatic heterocycles. The smallest absolute Gasteiger partial charge is 0.257 e. The molecule has 31 heavy (non-hydrogen) atoms. The van der Waals surface area contributed by atoms with E-state index in [1.807, 2.05) is 29.6 Å². The van der Waals surface area contributed by atoms with E-state index < -0.39 is 0 Å². The molecule has 4 rings (SSSR count). The van der Waals surface area contributed by atoms with Crippen molar-refractivity contribution < 1.29 is 14.3 Å². The van der Waals surface area contributed by atoms with Crippen molar-refractivity contribution in [2.45, 2.75) is 45.2 Å². The van der Waals surface area contributed by atoms with Crippen LogP contribution in [0.25, 0.3) is 0 Å². The monoisotopic (exact) mass is 441 g/mol. The third kappa shape index (κ3) is 4.93. The molecule has 1 fully saturated rings. The highest BCUT2D eigenvalue weighted by Gasteiger charge is 2.37. The molecular formula is C24H31N3O3S. The highest BCUT2D eigenvalue weighted by atomic mass is 32.1. The van der Waals surface area contributed by atoms with Gasteiger partial charge in [-0.05, 0) is 47.9 Å². The van der Waals surface area contributed by atoms with Crippen molar-refractivity contribution in [1.82, 2.24) is 9.91 Å². The maximum absolute atomic E-state index is 13.5. The van der Waals surface area contributed by atoms with Gasteiger partial charge in [-0.25, -0.2) is 5.01 Å². The molecule has 1 aliphatic carbocycles. The number of benzene rings is 1. The van der Waals surface area contributed by atoms with Crippen molar-refractivity contribution >= 4 is 23.0 Å². The number of thiophene rings is 1. The summed E-state index contributed by atoms with van der Waals surface area (Å²) in [7, 11) is 3.26. The summed E-state index contributed by atoms with van der Waals surface area (Å²) >= 11 is 1.66. The fraction of sp³-hybridized carbons (Fsp3) is 0.500. The molecule has 0 bridgehead atoms. The third-order valence-corrected chi connectivity index (χ3v) is 6.68. The summed E-state index contributed by atoms with van der Waals surface area (Å²) in [4.78, 5) is 16.9. The van der Waals surface area contributed by atoms with Gasteiger partial charge in [-0.3, -0.25) is 9.69 Å². The summed E-state index contributed by atoms with van der Waals surface area (Å²) in [5.74, 6) is 1.92. The number of rotatable bonds is 9. The lowest BCUT2D eigenvalue weighted by Gasteiger charge is -2.28. The van der Waals surface area contributed by atoms with Gasteiger partial charge in [0.1, 0.15) is 0 Å². The Morgan fingerprint density at radius 1 is 1.23 bits per heavy atom. The van der Waals surface area contributed by atoms with Crippen molar-refractivity contribution in [3.8, 4) is 11.5 Å². The molecule has 0 saturated heterocycles. The standard InChI is InChI=1S/C24H31N3O3S/c1-16(2)14-26(18-8-9-18)15-24(28)27-20(13-19(25-27)23-6-5-11-31-23)17-7-10-21(29-3)22(12-17)30-4/h5-7,10-12,16,18,20H,8-9,13-15H2,1-4H3. The molecule has 6 nitrogen and oxygen atoms in total.